The maximum atomic E-state index is 11.7. The van der Waals surface area contributed by atoms with E-state index in [9.17, 15) is 9.59 Å². The lowest BCUT2D eigenvalue weighted by atomic mass is 10.1. The Hall–Kier alpha value is -1.40. The number of Topliss-reactive ketones (excluding diaryl/α,β-unsaturated/α-hetero) is 1. The molecule has 1 aliphatic heterocycles. The van der Waals surface area contributed by atoms with Gasteiger partial charge in [0.2, 0.25) is 0 Å². The molecule has 1 N–H and O–H groups in total. The number of nitrogens with one attached hydrogen (secondary N) is 1. The average molecular weight is 354 g/mol. The Bertz CT molecular complexity index is 572. The molecule has 0 spiro atoms. The molecule has 0 aromatic heterocycles. The van der Waals surface area contributed by atoms with Gasteiger partial charge in [-0.2, -0.15) is 0 Å². The van der Waals surface area contributed by atoms with E-state index in [4.69, 9.17) is 0 Å². The van der Waals surface area contributed by atoms with E-state index < -0.39 is 11.7 Å². The van der Waals surface area contributed by atoms with E-state index in [1.54, 1.807) is 6.07 Å². The normalized spacial score (nSPS) is 13.6. The van der Waals surface area contributed by atoms with Gasteiger partial charge in [0, 0.05) is 24.1 Å². The first-order valence-electron chi connectivity index (χ1n) is 7.03. The quantitative estimate of drug-likeness (QED) is 0.797. The number of benzene rings is 1. The highest BCUT2D eigenvalue weighted by molar-refractivity contribution is 9.10. The smallest absolute Gasteiger partial charge is 0.296 e. The highest BCUT2D eigenvalue weighted by Crippen LogP contribution is 2.35. The van der Waals surface area contributed by atoms with Crippen molar-refractivity contribution in [1.29, 1.82) is 0 Å². The van der Waals surface area contributed by atoms with Gasteiger partial charge in [0.1, 0.15) is 0 Å². The van der Waals surface area contributed by atoms with Crippen molar-refractivity contribution in [2.45, 2.75) is 13.3 Å². The van der Waals surface area contributed by atoms with Crippen molar-refractivity contribution in [1.82, 2.24) is 4.90 Å². The first kappa shape index (κ1) is 16.0. The predicted molar refractivity (Wildman–Crippen MR) is 88.2 cm³/mol. The summed E-state index contributed by atoms with van der Waals surface area (Å²) in [5, 5.41) is 2.63. The van der Waals surface area contributed by atoms with Crippen molar-refractivity contribution >= 4 is 39.0 Å². The van der Waals surface area contributed by atoms with Gasteiger partial charge >= 0.3 is 0 Å². The Labute approximate surface area is 133 Å². The number of amides is 1. The maximum Gasteiger partial charge on any atom is 0.296 e. The third-order valence-corrected chi connectivity index (χ3v) is 4.07. The Morgan fingerprint density at radius 1 is 1.14 bits per heavy atom. The minimum absolute atomic E-state index is 0.444. The fourth-order valence-corrected chi connectivity index (χ4v) is 2.93. The highest BCUT2D eigenvalue weighted by atomic mass is 79.9. The van der Waals surface area contributed by atoms with Crippen molar-refractivity contribution in [3.05, 3.63) is 22.2 Å². The van der Waals surface area contributed by atoms with Gasteiger partial charge in [0.15, 0.2) is 0 Å². The Balaban J connectivity index is 2.31. The predicted octanol–water partition coefficient (Wildman–Crippen LogP) is 2.36. The summed E-state index contributed by atoms with van der Waals surface area (Å²) in [6.45, 7) is 4.89. The second-order valence-corrected chi connectivity index (χ2v) is 6.28. The maximum absolute atomic E-state index is 11.7. The number of fused-ring (bicyclic) bond motifs is 1. The molecule has 1 aromatic carbocycles. The van der Waals surface area contributed by atoms with Crippen molar-refractivity contribution in [3.63, 3.8) is 0 Å². The van der Waals surface area contributed by atoms with E-state index in [1.165, 1.54) is 0 Å². The van der Waals surface area contributed by atoms with Crippen molar-refractivity contribution < 1.29 is 9.59 Å². The molecule has 21 heavy (non-hydrogen) atoms. The molecule has 0 radical (unpaired) electrons. The summed E-state index contributed by atoms with van der Waals surface area (Å²) in [7, 11) is 4.08. The molecule has 0 unspecified atom stereocenters. The molecule has 6 heteroatoms. The lowest BCUT2D eigenvalue weighted by Crippen LogP contribution is -2.32. The zero-order valence-electron chi connectivity index (χ0n) is 12.6. The van der Waals surface area contributed by atoms with Crippen molar-refractivity contribution in [2.24, 2.45) is 0 Å². The van der Waals surface area contributed by atoms with Gasteiger partial charge in [0.05, 0.1) is 16.9 Å². The second-order valence-electron chi connectivity index (χ2n) is 5.42. The van der Waals surface area contributed by atoms with Crippen LogP contribution in [-0.4, -0.2) is 50.3 Å². The van der Waals surface area contributed by atoms with Crippen molar-refractivity contribution in [2.75, 3.05) is 43.9 Å². The van der Waals surface area contributed by atoms with E-state index in [-0.39, 0.29) is 0 Å². The summed E-state index contributed by atoms with van der Waals surface area (Å²) in [5.41, 5.74) is 2.06. The van der Waals surface area contributed by atoms with Crippen LogP contribution in [0.25, 0.3) is 0 Å². The van der Waals surface area contributed by atoms with Crippen LogP contribution in [0, 0.1) is 0 Å². The van der Waals surface area contributed by atoms with E-state index >= 15 is 0 Å². The summed E-state index contributed by atoms with van der Waals surface area (Å²) >= 11 is 3.53. The minimum atomic E-state index is -0.551. The van der Waals surface area contributed by atoms with Crippen molar-refractivity contribution in [3.8, 4) is 0 Å². The third kappa shape index (κ3) is 3.44. The molecule has 114 valence electrons. The van der Waals surface area contributed by atoms with Gasteiger partial charge in [-0.25, -0.2) is 0 Å². The number of carbonyl (C=O) groups is 2. The van der Waals surface area contributed by atoms with Gasteiger partial charge in [-0.05, 0) is 48.6 Å². The van der Waals surface area contributed by atoms with Gasteiger partial charge < -0.3 is 15.1 Å². The zero-order valence-corrected chi connectivity index (χ0v) is 14.2. The number of carbonyl (C=O) groups excluding carboxylic acids is 2. The molecule has 0 aliphatic carbocycles. The minimum Gasteiger partial charge on any atom is -0.369 e. The number of ketones is 1. The molecule has 0 atom stereocenters. The van der Waals surface area contributed by atoms with E-state index in [2.05, 4.69) is 38.0 Å². The van der Waals surface area contributed by atoms with Crippen LogP contribution in [0.5, 0.6) is 0 Å². The largest absolute Gasteiger partial charge is 0.369 e. The van der Waals surface area contributed by atoms with E-state index in [0.29, 0.717) is 11.3 Å². The van der Waals surface area contributed by atoms with Crippen LogP contribution in [0.2, 0.25) is 0 Å². The number of likely N-dealkylation sites (N-methyl/N-ethyl adjacent to an activating group) is 1. The summed E-state index contributed by atoms with van der Waals surface area (Å²) in [5.74, 6) is -1.02. The van der Waals surface area contributed by atoms with Crippen LogP contribution in [-0.2, 0) is 4.79 Å². The van der Waals surface area contributed by atoms with E-state index in [1.807, 2.05) is 20.2 Å². The molecule has 0 saturated heterocycles. The monoisotopic (exact) mass is 353 g/mol. The number of hydrogen-bond donors (Lipinski definition) is 1. The fourth-order valence-electron chi connectivity index (χ4n) is 2.34. The molecule has 0 bridgehead atoms. The lowest BCUT2D eigenvalue weighted by molar-refractivity contribution is -0.112. The molecule has 0 saturated carbocycles. The molecular weight excluding hydrogens is 334 g/mol. The zero-order chi connectivity index (χ0) is 15.6. The molecule has 5 nitrogen and oxygen atoms in total. The van der Waals surface area contributed by atoms with Crippen LogP contribution in [0.4, 0.5) is 11.4 Å². The van der Waals surface area contributed by atoms with Gasteiger partial charge in [-0.1, -0.05) is 6.92 Å². The van der Waals surface area contributed by atoms with E-state index in [0.717, 1.165) is 36.2 Å². The SMILES string of the molecule is CCCN(CCN(C)C)c1cc2c(cc1Br)C(=O)C(=O)N2. The van der Waals surface area contributed by atoms with Crippen LogP contribution >= 0.6 is 15.9 Å². The summed E-state index contributed by atoms with van der Waals surface area (Å²) in [4.78, 5) is 27.6. The fraction of sp³-hybridized carbons (Fsp3) is 0.467. The van der Waals surface area contributed by atoms with Crippen LogP contribution < -0.4 is 10.2 Å². The second kappa shape index (κ2) is 6.58. The Morgan fingerprint density at radius 2 is 1.86 bits per heavy atom. The van der Waals surface area contributed by atoms with Gasteiger partial charge in [0.25, 0.3) is 11.7 Å². The molecule has 0 fully saturated rings. The average Bonchev–Trinajstić information content (AvgIpc) is 2.69. The standard InChI is InChI=1S/C15H20BrN3O2/c1-4-5-19(7-6-18(2)3)13-9-12-10(8-11(13)16)14(20)15(21)17-12/h8-9H,4-7H2,1-3H3,(H,17,20,21). The molecule has 1 heterocycles. The molecular formula is C15H20BrN3O2. The van der Waals surface area contributed by atoms with Gasteiger partial charge in [-0.3, -0.25) is 9.59 Å². The third-order valence-electron chi connectivity index (χ3n) is 3.44. The summed E-state index contributed by atoms with van der Waals surface area (Å²) < 4.78 is 0.846. The molecule has 1 amide bonds. The number of halogens is 1. The summed E-state index contributed by atoms with van der Waals surface area (Å²) in [6.07, 6.45) is 1.03. The first-order valence-corrected chi connectivity index (χ1v) is 7.82. The van der Waals surface area contributed by atoms with Crippen LogP contribution in [0.15, 0.2) is 16.6 Å². The number of hydrogen-bond acceptors (Lipinski definition) is 4. The van der Waals surface area contributed by atoms with Crippen LogP contribution in [0.3, 0.4) is 0 Å². The molecule has 1 aliphatic rings. The number of nitrogens with zero attached hydrogens (tertiary/aromatic N) is 2. The lowest BCUT2D eigenvalue weighted by Gasteiger charge is -2.27. The highest BCUT2D eigenvalue weighted by Gasteiger charge is 2.29. The number of anilines is 2. The number of rotatable bonds is 6. The topological polar surface area (TPSA) is 52.7 Å². The summed E-state index contributed by atoms with van der Waals surface area (Å²) in [6, 6.07) is 3.62. The molecule has 1 aromatic rings. The Morgan fingerprint density at radius 3 is 2.48 bits per heavy atom. The molecule has 2 rings (SSSR count). The first-order chi connectivity index (χ1) is 9.93. The van der Waals surface area contributed by atoms with Crippen LogP contribution in [0.1, 0.15) is 23.7 Å². The van der Waals surface area contributed by atoms with Gasteiger partial charge in [-0.15, -0.1) is 0 Å². The Kier molecular flexibility index (Phi) is 5.00.